The lowest BCUT2D eigenvalue weighted by atomic mass is 10.1. The first kappa shape index (κ1) is 17.9. The summed E-state index contributed by atoms with van der Waals surface area (Å²) in [6, 6.07) is 7.25. The number of amidine groups is 1. The Labute approximate surface area is 148 Å². The third-order valence-electron chi connectivity index (χ3n) is 4.84. The Kier molecular flexibility index (Phi) is 5.10. The second-order valence-electron chi connectivity index (χ2n) is 6.51. The Morgan fingerprint density at radius 1 is 1.32 bits per heavy atom. The van der Waals surface area contributed by atoms with Gasteiger partial charge in [0.15, 0.2) is 0 Å². The van der Waals surface area contributed by atoms with Crippen LogP contribution < -0.4 is 10.0 Å². The average Bonchev–Trinajstić information content (AvgIpc) is 2.85. The molecular weight excluding hydrogens is 340 g/mol. The van der Waals surface area contributed by atoms with Crippen molar-refractivity contribution in [2.75, 3.05) is 19.6 Å². The molecule has 7 nitrogen and oxygen atoms in total. The number of nitrogens with zero attached hydrogens (tertiary/aromatic N) is 2. The second kappa shape index (κ2) is 7.13. The highest BCUT2D eigenvalue weighted by Gasteiger charge is 2.30. The van der Waals surface area contributed by atoms with E-state index in [1.807, 2.05) is 4.90 Å². The number of benzene rings is 1. The maximum absolute atomic E-state index is 12.4. The lowest BCUT2D eigenvalue weighted by Gasteiger charge is -2.38. The molecule has 0 aliphatic carbocycles. The summed E-state index contributed by atoms with van der Waals surface area (Å²) < 4.78 is 26.5. The molecule has 0 bridgehead atoms. The van der Waals surface area contributed by atoms with E-state index in [9.17, 15) is 13.2 Å². The van der Waals surface area contributed by atoms with Crippen LogP contribution >= 0.6 is 0 Å². The summed E-state index contributed by atoms with van der Waals surface area (Å²) >= 11 is 0. The zero-order valence-electron chi connectivity index (χ0n) is 14.5. The Bertz CT molecular complexity index is 791. The number of piperazine rings is 1. The van der Waals surface area contributed by atoms with Gasteiger partial charge >= 0.3 is 0 Å². The van der Waals surface area contributed by atoms with Crippen LogP contribution in [0, 0.1) is 0 Å². The summed E-state index contributed by atoms with van der Waals surface area (Å²) in [6.07, 6.45) is 1.01. The van der Waals surface area contributed by atoms with Crippen LogP contribution in [0.3, 0.4) is 0 Å². The molecule has 2 unspecified atom stereocenters. The molecule has 136 valence electrons. The molecule has 25 heavy (non-hydrogen) atoms. The highest BCUT2D eigenvalue weighted by Crippen LogP contribution is 2.22. The molecule has 1 aromatic carbocycles. The lowest BCUT2D eigenvalue weighted by Crippen LogP contribution is -2.57. The maximum Gasteiger partial charge on any atom is 0.263 e. The third-order valence-corrected chi connectivity index (χ3v) is 6.23. The number of hydrogen-bond acceptors (Lipinski definition) is 5. The van der Waals surface area contributed by atoms with Crippen molar-refractivity contribution >= 4 is 21.8 Å². The molecule has 2 N–H and O–H groups in total. The zero-order chi connectivity index (χ0) is 18.0. The molecule has 2 aliphatic heterocycles. The van der Waals surface area contributed by atoms with Crippen LogP contribution in [0.25, 0.3) is 0 Å². The number of carbonyl (C=O) groups is 1. The molecule has 0 saturated carbocycles. The van der Waals surface area contributed by atoms with E-state index in [-0.39, 0.29) is 16.8 Å². The lowest BCUT2D eigenvalue weighted by molar-refractivity contribution is -0.134. The fourth-order valence-electron chi connectivity index (χ4n) is 3.22. The number of nitrogens with one attached hydrogen (secondary N) is 2. The Morgan fingerprint density at radius 3 is 2.88 bits per heavy atom. The van der Waals surface area contributed by atoms with Crippen molar-refractivity contribution in [2.24, 2.45) is 4.99 Å². The molecule has 1 fully saturated rings. The van der Waals surface area contributed by atoms with Gasteiger partial charge in [0.2, 0.25) is 5.91 Å². The van der Waals surface area contributed by atoms with E-state index >= 15 is 0 Å². The first-order chi connectivity index (χ1) is 11.9. The van der Waals surface area contributed by atoms with Crippen molar-refractivity contribution in [3.05, 3.63) is 29.8 Å². The van der Waals surface area contributed by atoms with Crippen molar-refractivity contribution in [1.82, 2.24) is 14.9 Å². The minimum absolute atomic E-state index is 0.133. The van der Waals surface area contributed by atoms with Crippen LogP contribution in [0.2, 0.25) is 0 Å². The van der Waals surface area contributed by atoms with Gasteiger partial charge < -0.3 is 10.2 Å². The van der Waals surface area contributed by atoms with Gasteiger partial charge in [0.05, 0.1) is 4.90 Å². The second-order valence-corrected chi connectivity index (χ2v) is 8.16. The summed E-state index contributed by atoms with van der Waals surface area (Å²) in [5, 5.41) is 3.36. The first-order valence-corrected chi connectivity index (χ1v) is 10.1. The van der Waals surface area contributed by atoms with Gasteiger partial charge in [-0.3, -0.25) is 14.5 Å². The van der Waals surface area contributed by atoms with Gasteiger partial charge in [-0.15, -0.1) is 0 Å². The van der Waals surface area contributed by atoms with Crippen LogP contribution in [0.4, 0.5) is 0 Å². The van der Waals surface area contributed by atoms with Crippen LogP contribution in [0.15, 0.2) is 34.2 Å². The Hall–Kier alpha value is -1.93. The van der Waals surface area contributed by atoms with E-state index in [0.29, 0.717) is 36.8 Å². The number of fused-ring (bicyclic) bond motifs is 1. The van der Waals surface area contributed by atoms with Gasteiger partial charge in [-0.25, -0.2) is 8.42 Å². The standard InChI is InChI=1S/C17H24N4O3S/c1-12-13(2)21(11-10-18-12)16(22)8-5-9-19-17-14-6-3-4-7-15(14)25(23,24)20-17/h3-4,6-7,12-13,18H,5,8-11H2,1-2H3,(H,19,20). The molecule has 2 atom stereocenters. The normalized spacial score (nSPS) is 26.3. The molecule has 2 heterocycles. The van der Waals surface area contributed by atoms with Gasteiger partial charge in [-0.2, -0.15) is 0 Å². The number of sulfonamides is 1. The molecule has 0 aromatic heterocycles. The fraction of sp³-hybridized carbons (Fsp3) is 0.529. The van der Waals surface area contributed by atoms with Gasteiger partial charge in [0.1, 0.15) is 5.84 Å². The average molecular weight is 364 g/mol. The highest BCUT2D eigenvalue weighted by atomic mass is 32.2. The molecule has 2 aliphatic rings. The van der Waals surface area contributed by atoms with E-state index in [0.717, 1.165) is 13.1 Å². The van der Waals surface area contributed by atoms with E-state index in [1.165, 1.54) is 0 Å². The largest absolute Gasteiger partial charge is 0.337 e. The van der Waals surface area contributed by atoms with Gasteiger partial charge in [0.25, 0.3) is 10.0 Å². The topological polar surface area (TPSA) is 90.9 Å². The zero-order valence-corrected chi connectivity index (χ0v) is 15.3. The third kappa shape index (κ3) is 3.69. The number of hydrogen-bond donors (Lipinski definition) is 2. The highest BCUT2D eigenvalue weighted by molar-refractivity contribution is 7.90. The van der Waals surface area contributed by atoms with Crippen molar-refractivity contribution in [3.63, 3.8) is 0 Å². The molecule has 3 rings (SSSR count). The molecule has 1 aromatic rings. The molecular formula is C17H24N4O3S. The summed E-state index contributed by atoms with van der Waals surface area (Å²) in [4.78, 5) is 18.9. The van der Waals surface area contributed by atoms with Gasteiger partial charge in [-0.1, -0.05) is 12.1 Å². The summed E-state index contributed by atoms with van der Waals surface area (Å²) in [6.45, 7) is 6.09. The van der Waals surface area contributed by atoms with Crippen LogP contribution in [0.5, 0.6) is 0 Å². The van der Waals surface area contributed by atoms with E-state index < -0.39 is 10.0 Å². The van der Waals surface area contributed by atoms with Crippen molar-refractivity contribution in [1.29, 1.82) is 0 Å². The van der Waals surface area contributed by atoms with Crippen molar-refractivity contribution in [2.45, 2.75) is 43.7 Å². The maximum atomic E-state index is 12.4. The monoisotopic (exact) mass is 364 g/mol. The SMILES string of the molecule is CC1NCCN(C(=O)CCCN=C2NS(=O)(=O)c3ccccc32)C1C. The van der Waals surface area contributed by atoms with Gasteiger partial charge in [0, 0.05) is 43.7 Å². The summed E-state index contributed by atoms with van der Waals surface area (Å²) in [5.41, 5.74) is 0.596. The Morgan fingerprint density at radius 2 is 2.08 bits per heavy atom. The van der Waals surface area contributed by atoms with Crippen LogP contribution in [-0.4, -0.2) is 56.8 Å². The van der Waals surface area contributed by atoms with E-state index in [1.54, 1.807) is 24.3 Å². The van der Waals surface area contributed by atoms with Gasteiger partial charge in [-0.05, 0) is 32.4 Å². The minimum atomic E-state index is -3.50. The predicted molar refractivity (Wildman–Crippen MR) is 96.0 cm³/mol. The van der Waals surface area contributed by atoms with Crippen LogP contribution in [-0.2, 0) is 14.8 Å². The summed E-state index contributed by atoms with van der Waals surface area (Å²) in [7, 11) is -3.50. The molecule has 8 heteroatoms. The quantitative estimate of drug-likeness (QED) is 0.770. The molecule has 0 radical (unpaired) electrons. The van der Waals surface area contributed by atoms with E-state index in [2.05, 4.69) is 28.9 Å². The van der Waals surface area contributed by atoms with E-state index in [4.69, 9.17) is 0 Å². The van der Waals surface area contributed by atoms with Crippen molar-refractivity contribution in [3.8, 4) is 0 Å². The minimum Gasteiger partial charge on any atom is -0.337 e. The smallest absolute Gasteiger partial charge is 0.263 e. The number of amides is 1. The number of aliphatic imine (C=N–C) groups is 1. The first-order valence-electron chi connectivity index (χ1n) is 8.59. The molecule has 0 spiro atoms. The number of rotatable bonds is 4. The van der Waals surface area contributed by atoms with Crippen LogP contribution in [0.1, 0.15) is 32.3 Å². The fourth-order valence-corrected chi connectivity index (χ4v) is 4.48. The molecule has 1 amide bonds. The Balaban J connectivity index is 1.57. The number of carbonyl (C=O) groups excluding carboxylic acids is 1. The summed E-state index contributed by atoms with van der Waals surface area (Å²) in [5.74, 6) is 0.501. The molecule has 1 saturated heterocycles. The predicted octanol–water partition coefficient (Wildman–Crippen LogP) is 0.714. The van der Waals surface area contributed by atoms with Crippen molar-refractivity contribution < 1.29 is 13.2 Å².